The summed E-state index contributed by atoms with van der Waals surface area (Å²) in [5, 5.41) is 2.64. The van der Waals surface area contributed by atoms with E-state index in [-0.39, 0.29) is 18.5 Å². The molecule has 0 bridgehead atoms. The third-order valence-electron chi connectivity index (χ3n) is 2.89. The molecule has 1 rings (SSSR count). The van der Waals surface area contributed by atoms with E-state index in [1.54, 1.807) is 31.3 Å². The van der Waals surface area contributed by atoms with Crippen LogP contribution < -0.4 is 5.32 Å². The summed E-state index contributed by atoms with van der Waals surface area (Å²) < 4.78 is 5.26. The first-order chi connectivity index (χ1) is 9.54. The second-order valence-corrected chi connectivity index (χ2v) is 4.80. The Balaban J connectivity index is 2.53. The lowest BCUT2D eigenvalue weighted by Gasteiger charge is -2.22. The maximum absolute atomic E-state index is 12.1. The predicted molar refractivity (Wildman–Crippen MR) is 76.1 cm³/mol. The van der Waals surface area contributed by atoms with Crippen molar-refractivity contribution < 1.29 is 14.0 Å². The average Bonchev–Trinajstić information content (AvgIpc) is 2.93. The number of hydrogen-bond acceptors (Lipinski definition) is 3. The highest BCUT2D eigenvalue weighted by molar-refractivity contribution is 5.83. The van der Waals surface area contributed by atoms with Crippen LogP contribution >= 0.6 is 0 Å². The fourth-order valence-electron chi connectivity index (χ4n) is 1.61. The van der Waals surface area contributed by atoms with E-state index >= 15 is 0 Å². The summed E-state index contributed by atoms with van der Waals surface area (Å²) in [6.45, 7) is 3.12. The molecule has 0 atom stereocenters. The van der Waals surface area contributed by atoms with Crippen LogP contribution in [-0.4, -0.2) is 48.9 Å². The molecule has 0 saturated heterocycles. The molecule has 1 heterocycles. The minimum Gasteiger partial charge on any atom is -0.467 e. The summed E-state index contributed by atoms with van der Waals surface area (Å²) in [7, 11) is 3.32. The van der Waals surface area contributed by atoms with E-state index in [1.165, 1.54) is 4.90 Å². The monoisotopic (exact) mass is 281 g/mol. The van der Waals surface area contributed by atoms with Gasteiger partial charge in [-0.25, -0.2) is 4.79 Å². The van der Waals surface area contributed by atoms with Gasteiger partial charge in [0.25, 0.3) is 0 Å². The smallest absolute Gasteiger partial charge is 0.318 e. The molecule has 112 valence electrons. The number of amides is 3. The van der Waals surface area contributed by atoms with Crippen molar-refractivity contribution >= 4 is 11.9 Å². The quantitative estimate of drug-likeness (QED) is 0.827. The molecular weight excluding hydrogens is 258 g/mol. The molecule has 0 aliphatic carbocycles. The van der Waals surface area contributed by atoms with Crippen molar-refractivity contribution in [3.63, 3.8) is 0 Å². The number of urea groups is 1. The van der Waals surface area contributed by atoms with Gasteiger partial charge >= 0.3 is 6.03 Å². The number of nitrogens with zero attached hydrogens (tertiary/aromatic N) is 2. The molecule has 6 nitrogen and oxygen atoms in total. The molecule has 0 aliphatic heterocycles. The number of carbonyl (C=O) groups is 2. The van der Waals surface area contributed by atoms with Gasteiger partial charge in [-0.05, 0) is 18.6 Å². The number of unbranched alkanes of at least 4 members (excludes halogenated alkanes) is 1. The average molecular weight is 281 g/mol. The van der Waals surface area contributed by atoms with E-state index in [4.69, 9.17) is 4.42 Å². The van der Waals surface area contributed by atoms with Crippen molar-refractivity contribution in [2.75, 3.05) is 27.2 Å². The molecular formula is C14H23N3O3. The molecule has 0 aromatic carbocycles. The van der Waals surface area contributed by atoms with Crippen LogP contribution in [-0.2, 0) is 11.3 Å². The first kappa shape index (κ1) is 16.1. The lowest BCUT2D eigenvalue weighted by molar-refractivity contribution is -0.127. The van der Waals surface area contributed by atoms with E-state index in [2.05, 4.69) is 12.2 Å². The predicted octanol–water partition coefficient (Wildman–Crippen LogP) is 1.68. The first-order valence-corrected chi connectivity index (χ1v) is 6.80. The zero-order valence-corrected chi connectivity index (χ0v) is 12.4. The van der Waals surface area contributed by atoms with Gasteiger partial charge in [0.1, 0.15) is 5.76 Å². The largest absolute Gasteiger partial charge is 0.467 e. The molecule has 0 unspecified atom stereocenters. The Morgan fingerprint density at radius 2 is 2.10 bits per heavy atom. The summed E-state index contributed by atoms with van der Waals surface area (Å²) >= 11 is 0. The van der Waals surface area contributed by atoms with Gasteiger partial charge in [-0.3, -0.25) is 4.79 Å². The molecule has 0 radical (unpaired) electrons. The van der Waals surface area contributed by atoms with Gasteiger partial charge < -0.3 is 19.5 Å². The third kappa shape index (κ3) is 5.34. The second kappa shape index (κ2) is 8.24. The van der Waals surface area contributed by atoms with Crippen LogP contribution in [0.3, 0.4) is 0 Å². The van der Waals surface area contributed by atoms with Gasteiger partial charge in [-0.15, -0.1) is 0 Å². The molecule has 0 spiro atoms. The van der Waals surface area contributed by atoms with Gasteiger partial charge in [-0.2, -0.15) is 0 Å². The molecule has 1 aromatic heterocycles. The van der Waals surface area contributed by atoms with Crippen LogP contribution in [0, 0.1) is 0 Å². The number of likely N-dealkylation sites (N-methyl/N-ethyl adjacent to an activating group) is 1. The van der Waals surface area contributed by atoms with Gasteiger partial charge in [0.05, 0.1) is 19.4 Å². The Labute approximate surface area is 119 Å². The molecule has 20 heavy (non-hydrogen) atoms. The van der Waals surface area contributed by atoms with Crippen molar-refractivity contribution in [3.8, 4) is 0 Å². The van der Waals surface area contributed by atoms with Gasteiger partial charge in [0.15, 0.2) is 0 Å². The summed E-state index contributed by atoms with van der Waals surface area (Å²) in [5.74, 6) is 0.599. The molecule has 0 fully saturated rings. The van der Waals surface area contributed by atoms with Crippen LogP contribution in [0.5, 0.6) is 0 Å². The van der Waals surface area contributed by atoms with Crippen molar-refractivity contribution in [1.82, 2.24) is 15.1 Å². The van der Waals surface area contributed by atoms with Crippen LogP contribution in [0.4, 0.5) is 4.79 Å². The highest BCUT2D eigenvalue weighted by Gasteiger charge is 2.16. The van der Waals surface area contributed by atoms with Gasteiger partial charge in [0.2, 0.25) is 5.91 Å². The maximum atomic E-state index is 12.1. The minimum absolute atomic E-state index is 0.00656. The lowest BCUT2D eigenvalue weighted by atomic mass is 10.3. The van der Waals surface area contributed by atoms with E-state index in [9.17, 15) is 9.59 Å². The topological polar surface area (TPSA) is 65.8 Å². The first-order valence-electron chi connectivity index (χ1n) is 6.80. The third-order valence-corrected chi connectivity index (χ3v) is 2.89. The fraction of sp³-hybridized carbons (Fsp3) is 0.571. The summed E-state index contributed by atoms with van der Waals surface area (Å²) in [6.07, 6.45) is 3.50. The highest BCUT2D eigenvalue weighted by atomic mass is 16.3. The lowest BCUT2D eigenvalue weighted by Crippen LogP contribution is -2.44. The van der Waals surface area contributed by atoms with E-state index in [0.29, 0.717) is 13.1 Å². The van der Waals surface area contributed by atoms with Crippen LogP contribution in [0.2, 0.25) is 0 Å². The summed E-state index contributed by atoms with van der Waals surface area (Å²) in [6, 6.07) is 3.38. The normalized spacial score (nSPS) is 10.2. The van der Waals surface area contributed by atoms with E-state index in [0.717, 1.165) is 18.6 Å². The zero-order chi connectivity index (χ0) is 15.0. The van der Waals surface area contributed by atoms with E-state index in [1.807, 2.05) is 6.07 Å². The Morgan fingerprint density at radius 3 is 2.65 bits per heavy atom. The summed E-state index contributed by atoms with van der Waals surface area (Å²) in [5.41, 5.74) is 0. The molecule has 0 aliphatic rings. The number of rotatable bonds is 7. The maximum Gasteiger partial charge on any atom is 0.318 e. The Morgan fingerprint density at radius 1 is 1.35 bits per heavy atom. The van der Waals surface area contributed by atoms with E-state index < -0.39 is 0 Å². The van der Waals surface area contributed by atoms with Crippen LogP contribution in [0.1, 0.15) is 25.5 Å². The van der Waals surface area contributed by atoms with Crippen molar-refractivity contribution in [2.45, 2.75) is 26.3 Å². The molecule has 3 amide bonds. The van der Waals surface area contributed by atoms with Crippen molar-refractivity contribution in [1.29, 1.82) is 0 Å². The van der Waals surface area contributed by atoms with Crippen molar-refractivity contribution in [3.05, 3.63) is 24.2 Å². The molecule has 1 aromatic rings. The molecule has 6 heteroatoms. The Hall–Kier alpha value is -1.98. The van der Waals surface area contributed by atoms with Gasteiger partial charge in [0, 0.05) is 20.6 Å². The second-order valence-electron chi connectivity index (χ2n) is 4.80. The number of nitrogens with one attached hydrogen (secondary N) is 1. The number of carbonyl (C=O) groups excluding carboxylic acids is 2. The highest BCUT2D eigenvalue weighted by Crippen LogP contribution is 2.07. The summed E-state index contributed by atoms with van der Waals surface area (Å²) in [4.78, 5) is 26.7. The number of hydrogen-bond donors (Lipinski definition) is 1. The SMILES string of the molecule is CCCCN(Cc1ccco1)C(=O)NCC(=O)N(C)C. The standard InChI is InChI=1S/C14H23N3O3/c1-4-5-8-17(11-12-7-6-9-20-12)14(19)15-10-13(18)16(2)3/h6-7,9H,4-5,8,10-11H2,1-3H3,(H,15,19). The Bertz CT molecular complexity index is 415. The fourth-order valence-corrected chi connectivity index (χ4v) is 1.61. The Kier molecular flexibility index (Phi) is 6.63. The van der Waals surface area contributed by atoms with Crippen molar-refractivity contribution in [2.24, 2.45) is 0 Å². The minimum atomic E-state index is -0.245. The number of furan rings is 1. The van der Waals surface area contributed by atoms with Crippen LogP contribution in [0.25, 0.3) is 0 Å². The zero-order valence-electron chi connectivity index (χ0n) is 12.4. The molecule has 1 N–H and O–H groups in total. The van der Waals surface area contributed by atoms with Crippen LogP contribution in [0.15, 0.2) is 22.8 Å². The molecule has 0 saturated carbocycles. The van der Waals surface area contributed by atoms with Gasteiger partial charge in [-0.1, -0.05) is 13.3 Å².